The number of aromatic nitrogens is 2. The Hall–Kier alpha value is -2.88. The number of aryl methyl sites for hydroxylation is 1. The van der Waals surface area contributed by atoms with Crippen molar-refractivity contribution in [2.75, 3.05) is 24.6 Å². The first-order valence-electron chi connectivity index (χ1n) is 9.88. The number of carbonyl (C=O) groups is 4. The van der Waals surface area contributed by atoms with Gasteiger partial charge in [-0.25, -0.2) is 14.4 Å². The summed E-state index contributed by atoms with van der Waals surface area (Å²) in [5.41, 5.74) is 2.33. The molecule has 15 heteroatoms. The smallest absolute Gasteiger partial charge is 0.352 e. The minimum Gasteiger partial charge on any atom is -0.477 e. The lowest BCUT2D eigenvalue weighted by Crippen LogP contribution is -2.71. The number of thioether (sulfide) groups is 2. The van der Waals surface area contributed by atoms with Gasteiger partial charge in [-0.2, -0.15) is 9.99 Å². The summed E-state index contributed by atoms with van der Waals surface area (Å²) >= 11 is 2.57. The van der Waals surface area contributed by atoms with E-state index in [-0.39, 0.29) is 30.2 Å². The molecule has 0 saturated carbocycles. The quantitative estimate of drug-likeness (QED) is 0.214. The van der Waals surface area contributed by atoms with Gasteiger partial charge in [0.2, 0.25) is 5.91 Å². The van der Waals surface area contributed by atoms with Crippen LogP contribution in [0.4, 0.5) is 0 Å². The van der Waals surface area contributed by atoms with E-state index in [0.717, 1.165) is 0 Å². The van der Waals surface area contributed by atoms with E-state index < -0.39 is 35.2 Å². The molecule has 4 rings (SSSR count). The van der Waals surface area contributed by atoms with Gasteiger partial charge < -0.3 is 15.3 Å². The first-order chi connectivity index (χ1) is 15.8. The van der Waals surface area contributed by atoms with Crippen LogP contribution < -0.4 is 16.6 Å². The summed E-state index contributed by atoms with van der Waals surface area (Å²) in [5.74, 6) is -2.20. The molecule has 33 heavy (non-hydrogen) atoms. The third-order valence-corrected chi connectivity index (χ3v) is 7.45. The molecule has 1 aromatic rings. The molecule has 2 saturated heterocycles. The van der Waals surface area contributed by atoms with E-state index in [0.29, 0.717) is 22.9 Å². The lowest BCUT2D eigenvalue weighted by atomic mass is 10.0. The van der Waals surface area contributed by atoms with Crippen LogP contribution in [-0.2, 0) is 30.6 Å². The predicted molar refractivity (Wildman–Crippen MR) is 115 cm³/mol. The molecular formula is C18H20N6O7S2. The molecule has 2 amide bonds. The fourth-order valence-corrected chi connectivity index (χ4v) is 5.84. The highest BCUT2D eigenvalue weighted by atomic mass is 32.2. The number of nitrogens with one attached hydrogen (secondary N) is 2. The fraction of sp³-hybridized carbons (Fsp3) is 0.444. The number of carboxylic acid groups (broad SMARTS) is 1. The van der Waals surface area contributed by atoms with Gasteiger partial charge in [0, 0.05) is 24.2 Å². The molecule has 2 atom stereocenters. The lowest BCUT2D eigenvalue weighted by molar-refractivity contribution is -0.151. The molecule has 0 aliphatic carbocycles. The summed E-state index contributed by atoms with van der Waals surface area (Å²) in [6.45, 7) is 2.01. The highest BCUT2D eigenvalue weighted by Gasteiger charge is 2.54. The molecule has 3 aliphatic heterocycles. The van der Waals surface area contributed by atoms with Gasteiger partial charge in [-0.05, 0) is 18.6 Å². The number of carbonyl (C=O) groups excluding carboxylic acids is 3. The average Bonchev–Trinajstić information content (AvgIpc) is 3.19. The normalized spacial score (nSPS) is 22.6. The Labute approximate surface area is 195 Å². The van der Waals surface area contributed by atoms with Crippen molar-refractivity contribution in [2.45, 2.75) is 29.9 Å². The SMILES string of the molecule is CCn1ccc(SCC2=C(C(=O)O)N3C(=O)[C@@H](NC(=O)CN4CC(=O)ON4)[C@H]3SC2)nc1=O. The molecule has 3 N–H and O–H groups in total. The second kappa shape index (κ2) is 9.54. The van der Waals surface area contributed by atoms with Crippen molar-refractivity contribution in [3.8, 4) is 0 Å². The highest BCUT2D eigenvalue weighted by molar-refractivity contribution is 8.01. The molecule has 3 aliphatic rings. The zero-order valence-corrected chi connectivity index (χ0v) is 19.0. The van der Waals surface area contributed by atoms with Gasteiger partial charge in [0.05, 0.1) is 6.54 Å². The molecule has 0 spiro atoms. The highest BCUT2D eigenvalue weighted by Crippen LogP contribution is 2.41. The Bertz CT molecular complexity index is 1110. The minimum absolute atomic E-state index is 0.105. The molecule has 4 heterocycles. The first-order valence-corrected chi connectivity index (χ1v) is 11.9. The minimum atomic E-state index is -1.24. The fourth-order valence-electron chi connectivity index (χ4n) is 3.51. The molecule has 0 aromatic carbocycles. The number of nitrogens with zero attached hydrogens (tertiary/aromatic N) is 4. The number of carboxylic acids is 1. The second-order valence-electron chi connectivity index (χ2n) is 7.26. The van der Waals surface area contributed by atoms with Crippen LogP contribution in [0.15, 0.2) is 33.4 Å². The number of β-lactam (4-membered cyclic amide) rings is 1. The van der Waals surface area contributed by atoms with Crippen molar-refractivity contribution in [1.29, 1.82) is 0 Å². The zero-order valence-electron chi connectivity index (χ0n) is 17.3. The Balaban J connectivity index is 1.41. The van der Waals surface area contributed by atoms with Crippen LogP contribution in [0.3, 0.4) is 0 Å². The van der Waals surface area contributed by atoms with E-state index in [1.54, 1.807) is 12.3 Å². The van der Waals surface area contributed by atoms with Crippen molar-refractivity contribution in [3.05, 3.63) is 34.0 Å². The average molecular weight is 497 g/mol. The number of rotatable bonds is 8. The van der Waals surface area contributed by atoms with Crippen LogP contribution in [0.5, 0.6) is 0 Å². The van der Waals surface area contributed by atoms with Crippen molar-refractivity contribution < 1.29 is 29.1 Å². The molecule has 176 valence electrons. The molecule has 13 nitrogen and oxygen atoms in total. The van der Waals surface area contributed by atoms with Crippen LogP contribution in [-0.4, -0.2) is 84.3 Å². The lowest BCUT2D eigenvalue weighted by Gasteiger charge is -2.49. The maximum Gasteiger partial charge on any atom is 0.352 e. The van der Waals surface area contributed by atoms with Crippen LogP contribution in [0.25, 0.3) is 0 Å². The van der Waals surface area contributed by atoms with E-state index in [9.17, 15) is 29.1 Å². The maximum atomic E-state index is 12.7. The van der Waals surface area contributed by atoms with Gasteiger partial charge >= 0.3 is 17.6 Å². The van der Waals surface area contributed by atoms with Crippen LogP contribution >= 0.6 is 23.5 Å². The maximum absolute atomic E-state index is 12.7. The number of aliphatic carboxylic acids is 1. The molecule has 2 fully saturated rings. The summed E-state index contributed by atoms with van der Waals surface area (Å²) < 4.78 is 1.45. The third-order valence-electron chi connectivity index (χ3n) is 5.09. The number of hydrazine groups is 1. The Morgan fingerprint density at radius 2 is 2.18 bits per heavy atom. The van der Waals surface area contributed by atoms with Gasteiger partial charge in [-0.15, -0.1) is 23.5 Å². The van der Waals surface area contributed by atoms with Gasteiger partial charge in [0.25, 0.3) is 5.91 Å². The first kappa shape index (κ1) is 23.3. The zero-order chi connectivity index (χ0) is 23.7. The Kier molecular flexibility index (Phi) is 6.73. The third kappa shape index (κ3) is 4.75. The largest absolute Gasteiger partial charge is 0.477 e. The van der Waals surface area contributed by atoms with Crippen LogP contribution in [0.2, 0.25) is 0 Å². The van der Waals surface area contributed by atoms with E-state index in [2.05, 4.69) is 20.7 Å². The Morgan fingerprint density at radius 1 is 1.39 bits per heavy atom. The summed E-state index contributed by atoms with van der Waals surface area (Å²) in [5, 5.41) is 13.5. The molecule has 1 aromatic heterocycles. The predicted octanol–water partition coefficient (Wildman–Crippen LogP) is -1.63. The van der Waals surface area contributed by atoms with Crippen molar-refractivity contribution >= 4 is 47.3 Å². The topological polar surface area (TPSA) is 163 Å². The summed E-state index contributed by atoms with van der Waals surface area (Å²) in [4.78, 5) is 69.6. The molecular weight excluding hydrogens is 476 g/mol. The molecule has 0 radical (unpaired) electrons. The summed E-state index contributed by atoms with van der Waals surface area (Å²) in [6.07, 6.45) is 1.63. The summed E-state index contributed by atoms with van der Waals surface area (Å²) in [6, 6.07) is 0.817. The second-order valence-corrected chi connectivity index (χ2v) is 9.36. The standard InChI is InChI=1S/C18H20N6O7S2/c1-2-22-4-3-11(20-18(22)30)32-7-9-8-33-16-13(15(27)24(16)14(9)17(28)29)19-10(25)5-23-6-12(26)31-21-23/h3-4,13,16,21H,2,5-8H2,1H3,(H,19,25)(H,28,29)/t13-,16-/m1/s1. The van der Waals surface area contributed by atoms with Crippen LogP contribution in [0, 0.1) is 0 Å². The van der Waals surface area contributed by atoms with Crippen LogP contribution in [0.1, 0.15) is 6.92 Å². The molecule has 0 bridgehead atoms. The Morgan fingerprint density at radius 3 is 2.82 bits per heavy atom. The number of hydrogen-bond donors (Lipinski definition) is 3. The van der Waals surface area contributed by atoms with E-state index in [4.69, 9.17) is 0 Å². The van der Waals surface area contributed by atoms with Crippen molar-refractivity contribution in [1.82, 2.24) is 30.4 Å². The van der Waals surface area contributed by atoms with E-state index >= 15 is 0 Å². The monoisotopic (exact) mass is 496 g/mol. The van der Waals surface area contributed by atoms with Gasteiger partial charge in [0.1, 0.15) is 28.7 Å². The van der Waals surface area contributed by atoms with E-state index in [1.165, 1.54) is 38.0 Å². The number of fused-ring (bicyclic) bond motifs is 1. The summed E-state index contributed by atoms with van der Waals surface area (Å²) in [7, 11) is 0. The van der Waals surface area contributed by atoms with Crippen molar-refractivity contribution in [2.24, 2.45) is 0 Å². The van der Waals surface area contributed by atoms with Crippen molar-refractivity contribution in [3.63, 3.8) is 0 Å². The van der Waals surface area contributed by atoms with Gasteiger partial charge in [-0.1, -0.05) is 5.59 Å². The van der Waals surface area contributed by atoms with Gasteiger partial charge in [-0.3, -0.25) is 19.1 Å². The number of amides is 2. The molecule has 0 unspecified atom stereocenters. The number of hydrogen-bond acceptors (Lipinski definition) is 11. The van der Waals surface area contributed by atoms with E-state index in [1.807, 2.05) is 6.92 Å². The van der Waals surface area contributed by atoms with Gasteiger partial charge in [0.15, 0.2) is 0 Å².